The Kier molecular flexibility index (Phi) is 63.5. The van der Waals surface area contributed by atoms with Gasteiger partial charge in [-0.05, 0) is 63.2 Å². The highest BCUT2D eigenvalue weighted by molar-refractivity contribution is 7.47. The topological polar surface area (TPSA) is 380 Å². The fourth-order valence-electron chi connectivity index (χ4n) is 15.9. The Balaban J connectivity index is 1.93. The molecule has 25 nitrogen and oxygen atoms in total. The SMILES string of the molecule is CCCCCCCC/C=C\CCCCCC(=O)OC1C(O)C(O)C(OC2OC(CO)C(O)C(O)C2O)C(OP(=O)(O)OCC(COC(=O)CCCCCCCCC(C)CCCCCCCC)OC(=O)CCCCCCCCCCCCCCC)C1OC1OC(COC(=O)CCCCCCCCC(C)CCCCCCCC)C(O)C(O)C1O. The van der Waals surface area contributed by atoms with E-state index in [9.17, 15) is 74.6 Å². The van der Waals surface area contributed by atoms with Crippen LogP contribution in [0.15, 0.2) is 12.2 Å². The molecule has 1 aliphatic carbocycles. The van der Waals surface area contributed by atoms with Gasteiger partial charge in [0.05, 0.1) is 13.2 Å². The van der Waals surface area contributed by atoms with Gasteiger partial charge in [0.15, 0.2) is 24.8 Å². The monoisotopic (exact) mass is 1690 g/mol. The lowest BCUT2D eigenvalue weighted by Crippen LogP contribution is -2.70. The Morgan fingerprint density at radius 1 is 0.359 bits per heavy atom. The lowest BCUT2D eigenvalue weighted by Gasteiger charge is -2.50. The van der Waals surface area contributed by atoms with Crippen LogP contribution in [0.1, 0.15) is 401 Å². The van der Waals surface area contributed by atoms with Crippen LogP contribution in [0, 0.1) is 11.8 Å². The molecule has 0 radical (unpaired) electrons. The predicted octanol–water partition coefficient (Wildman–Crippen LogP) is 17.3. The van der Waals surface area contributed by atoms with Crippen LogP contribution in [-0.4, -0.2) is 205 Å². The lowest BCUT2D eigenvalue weighted by atomic mass is 9.84. The van der Waals surface area contributed by atoms with E-state index >= 15 is 0 Å². The second-order valence-corrected chi connectivity index (χ2v) is 35.8. The van der Waals surface area contributed by atoms with Crippen molar-refractivity contribution < 1.29 is 122 Å². The fourth-order valence-corrected chi connectivity index (χ4v) is 16.8. The van der Waals surface area contributed by atoms with Crippen molar-refractivity contribution in [2.24, 2.45) is 11.8 Å². The van der Waals surface area contributed by atoms with Crippen LogP contribution in [-0.2, 0) is 70.7 Å². The maximum Gasteiger partial charge on any atom is 0.472 e. The highest BCUT2D eigenvalue weighted by atomic mass is 31.2. The summed E-state index contributed by atoms with van der Waals surface area (Å²) in [7, 11) is -5.81. The molecule has 117 heavy (non-hydrogen) atoms. The standard InChI is InChI=1S/C91H169O25P/c1-7-11-15-19-23-25-27-29-31-33-35-47-55-63-76(95)110-71(66-107-74(93)61-53-45-39-37-43-51-59-69(5)57-49-41-21-17-13-9-3)67-109-117(105,106)116-89-87(114-90-84(103)80(99)78(97)72(65-92)111-90)83(102)82(101)86(113-77(96)64-56-48-36-34-32-30-28-26-24-20-16-12-8-2)88(89)115-91-85(104)81(100)79(98)73(112-91)68-108-75(94)62-54-46-40-38-44-52-60-70(6)58-50-42-22-18-14-10-4/h30,32,69-73,78-92,97-104H,7-29,31,33-68H2,1-6H3,(H,105,106)/b32-30-. The Hall–Kier alpha value is -2.79. The van der Waals surface area contributed by atoms with Crippen LogP contribution in [0.5, 0.6) is 0 Å². The summed E-state index contributed by atoms with van der Waals surface area (Å²) in [5, 5.41) is 102. The Labute approximate surface area is 705 Å². The molecule has 688 valence electrons. The molecule has 26 heteroatoms. The number of carbonyl (C=O) groups excluding carboxylic acids is 4. The number of phosphoric ester groups is 1. The number of phosphoric acid groups is 1. The van der Waals surface area contributed by atoms with Crippen molar-refractivity contribution in [1.82, 2.24) is 0 Å². The summed E-state index contributed by atoms with van der Waals surface area (Å²) in [6.45, 7) is 10.2. The normalized spacial score (nSPS) is 25.6. The van der Waals surface area contributed by atoms with Crippen LogP contribution in [0.25, 0.3) is 0 Å². The molecular weight excluding hydrogens is 1520 g/mol. The molecule has 10 N–H and O–H groups in total. The predicted molar refractivity (Wildman–Crippen MR) is 453 cm³/mol. The summed E-state index contributed by atoms with van der Waals surface area (Å²) in [6.07, 6.45) is 23.7. The van der Waals surface area contributed by atoms with E-state index in [-0.39, 0.29) is 32.1 Å². The zero-order valence-corrected chi connectivity index (χ0v) is 74.5. The van der Waals surface area contributed by atoms with E-state index in [0.29, 0.717) is 43.9 Å². The molecule has 2 heterocycles. The number of aliphatic hydroxyl groups excluding tert-OH is 9. The van der Waals surface area contributed by atoms with Crippen LogP contribution < -0.4 is 0 Å². The van der Waals surface area contributed by atoms with Crippen molar-refractivity contribution in [3.63, 3.8) is 0 Å². The smallest absolute Gasteiger partial charge is 0.463 e. The van der Waals surface area contributed by atoms with E-state index in [1.165, 1.54) is 173 Å². The first-order valence-electron chi connectivity index (χ1n) is 47.2. The number of rotatable bonds is 75. The lowest BCUT2D eigenvalue weighted by molar-refractivity contribution is -0.360. The Morgan fingerprint density at radius 2 is 0.692 bits per heavy atom. The summed E-state index contributed by atoms with van der Waals surface area (Å²) >= 11 is 0. The maximum absolute atomic E-state index is 14.9. The van der Waals surface area contributed by atoms with E-state index in [1.54, 1.807) is 0 Å². The molecule has 3 aliphatic rings. The maximum atomic E-state index is 14.9. The fraction of sp³-hybridized carbons (Fsp3) is 0.934. The van der Waals surface area contributed by atoms with Crippen molar-refractivity contribution in [2.75, 3.05) is 26.4 Å². The van der Waals surface area contributed by atoms with Gasteiger partial charge >= 0.3 is 31.7 Å². The second-order valence-electron chi connectivity index (χ2n) is 34.4. The van der Waals surface area contributed by atoms with Crippen LogP contribution in [0.2, 0.25) is 0 Å². The van der Waals surface area contributed by atoms with E-state index in [2.05, 4.69) is 53.7 Å². The molecule has 3 fully saturated rings. The molecule has 2 aliphatic heterocycles. The van der Waals surface area contributed by atoms with E-state index in [1.807, 2.05) is 0 Å². The molecular formula is C91H169O25P. The van der Waals surface area contributed by atoms with E-state index in [4.69, 9.17) is 46.9 Å². The van der Waals surface area contributed by atoms with E-state index in [0.717, 1.165) is 122 Å². The first-order chi connectivity index (χ1) is 56.5. The van der Waals surface area contributed by atoms with Gasteiger partial charge in [-0.15, -0.1) is 0 Å². The number of hydrogen-bond acceptors (Lipinski definition) is 24. The first-order valence-corrected chi connectivity index (χ1v) is 48.7. The summed E-state index contributed by atoms with van der Waals surface area (Å²) in [4.78, 5) is 66.5. The number of hydrogen-bond donors (Lipinski definition) is 10. The van der Waals surface area contributed by atoms with Gasteiger partial charge in [-0.1, -0.05) is 336 Å². The van der Waals surface area contributed by atoms with Gasteiger partial charge < -0.3 is 88.7 Å². The molecule has 0 spiro atoms. The molecule has 1 saturated carbocycles. The average molecular weight is 1690 g/mol. The third kappa shape index (κ3) is 49.5. The van der Waals surface area contributed by atoms with Crippen LogP contribution >= 0.6 is 7.82 Å². The minimum absolute atomic E-state index is 0.0139. The van der Waals surface area contributed by atoms with Crippen LogP contribution in [0.4, 0.5) is 0 Å². The number of allylic oxidation sites excluding steroid dienone is 2. The molecule has 3 rings (SSSR count). The number of unbranched alkanes of at least 4 members (excludes halogenated alkanes) is 41. The Morgan fingerprint density at radius 3 is 1.11 bits per heavy atom. The number of carbonyl (C=O) groups is 4. The average Bonchev–Trinajstić information content (AvgIpc) is 0.754. The molecule has 0 aromatic rings. The quantitative estimate of drug-likeness (QED) is 0.00889. The van der Waals surface area contributed by atoms with Gasteiger partial charge in [-0.25, -0.2) is 4.57 Å². The molecule has 2 saturated heterocycles. The zero-order valence-electron chi connectivity index (χ0n) is 73.6. The van der Waals surface area contributed by atoms with Crippen molar-refractivity contribution >= 4 is 31.7 Å². The molecule has 0 aromatic heterocycles. The third-order valence-electron chi connectivity index (χ3n) is 23.6. The molecule has 20 unspecified atom stereocenters. The van der Waals surface area contributed by atoms with Gasteiger partial charge in [0.25, 0.3) is 0 Å². The number of aliphatic hydroxyl groups is 9. The van der Waals surface area contributed by atoms with Crippen molar-refractivity contribution in [3.05, 3.63) is 12.2 Å². The van der Waals surface area contributed by atoms with Crippen molar-refractivity contribution in [1.29, 1.82) is 0 Å². The van der Waals surface area contributed by atoms with Crippen molar-refractivity contribution in [2.45, 2.75) is 505 Å². The van der Waals surface area contributed by atoms with Gasteiger partial charge in [-0.2, -0.15) is 0 Å². The summed E-state index contributed by atoms with van der Waals surface area (Å²) < 4.78 is 73.5. The van der Waals surface area contributed by atoms with Gasteiger partial charge in [0.2, 0.25) is 0 Å². The van der Waals surface area contributed by atoms with Gasteiger partial charge in [-0.3, -0.25) is 28.2 Å². The number of ether oxygens (including phenoxy) is 8. The van der Waals surface area contributed by atoms with E-state index < -0.39 is 162 Å². The van der Waals surface area contributed by atoms with Gasteiger partial charge in [0.1, 0.15) is 92.6 Å². The minimum Gasteiger partial charge on any atom is -0.463 e. The molecule has 0 bridgehead atoms. The third-order valence-corrected chi connectivity index (χ3v) is 24.5. The molecule has 0 amide bonds. The molecule has 0 aromatic carbocycles. The molecule has 20 atom stereocenters. The first kappa shape index (κ1) is 108. The minimum atomic E-state index is -5.81. The zero-order chi connectivity index (χ0) is 85.7. The summed E-state index contributed by atoms with van der Waals surface area (Å²) in [6, 6.07) is 0. The second kappa shape index (κ2) is 68.5. The largest absolute Gasteiger partial charge is 0.472 e. The summed E-state index contributed by atoms with van der Waals surface area (Å²) in [5.41, 5.74) is 0. The number of esters is 4. The van der Waals surface area contributed by atoms with Crippen molar-refractivity contribution in [3.8, 4) is 0 Å². The summed E-state index contributed by atoms with van der Waals surface area (Å²) in [5.74, 6) is -1.60. The highest BCUT2D eigenvalue weighted by Gasteiger charge is 2.60. The Bertz CT molecular complexity index is 2520. The highest BCUT2D eigenvalue weighted by Crippen LogP contribution is 2.49. The van der Waals surface area contributed by atoms with Crippen LogP contribution in [0.3, 0.4) is 0 Å². The van der Waals surface area contributed by atoms with Gasteiger partial charge in [0, 0.05) is 25.7 Å².